The minimum atomic E-state index is -0.767. The van der Waals surface area contributed by atoms with Gasteiger partial charge in [0.15, 0.2) is 0 Å². The molecular formula is C16H27N5O4. The number of hydrogen-bond donors (Lipinski definition) is 2. The summed E-state index contributed by atoms with van der Waals surface area (Å²) < 4.78 is 4.57. The molecule has 0 saturated carbocycles. The van der Waals surface area contributed by atoms with Crippen LogP contribution in [0.15, 0.2) is 4.99 Å². The summed E-state index contributed by atoms with van der Waals surface area (Å²) in [6.07, 6.45) is 9.58. The summed E-state index contributed by atoms with van der Waals surface area (Å²) in [5.41, 5.74) is 5.24. The van der Waals surface area contributed by atoms with Crippen LogP contribution in [0.1, 0.15) is 51.4 Å². The zero-order valence-corrected chi connectivity index (χ0v) is 14.5. The van der Waals surface area contributed by atoms with Gasteiger partial charge in [0.05, 0.1) is 6.54 Å². The van der Waals surface area contributed by atoms with E-state index in [9.17, 15) is 14.4 Å². The third-order valence-corrected chi connectivity index (χ3v) is 3.49. The van der Waals surface area contributed by atoms with Crippen LogP contribution in [0.2, 0.25) is 0 Å². The van der Waals surface area contributed by atoms with Gasteiger partial charge in [-0.1, -0.05) is 19.3 Å². The molecule has 0 aromatic heterocycles. The summed E-state index contributed by atoms with van der Waals surface area (Å²) in [7, 11) is 0. The molecular weight excluding hydrogens is 326 g/mol. The first kappa shape index (κ1) is 22.4. The van der Waals surface area contributed by atoms with Crippen LogP contribution in [0.25, 0.3) is 0 Å². The third-order valence-electron chi connectivity index (χ3n) is 3.49. The number of rotatable bonds is 14. The molecule has 0 aliphatic rings. The fourth-order valence-electron chi connectivity index (χ4n) is 2.16. The van der Waals surface area contributed by atoms with Crippen molar-refractivity contribution in [3.8, 4) is 6.26 Å². The van der Waals surface area contributed by atoms with E-state index in [0.29, 0.717) is 26.1 Å². The second-order valence-corrected chi connectivity index (χ2v) is 5.46. The summed E-state index contributed by atoms with van der Waals surface area (Å²) in [5.74, 6) is 0. The van der Waals surface area contributed by atoms with Crippen LogP contribution < -0.4 is 11.1 Å². The van der Waals surface area contributed by atoms with Gasteiger partial charge in [-0.2, -0.15) is 5.26 Å². The van der Waals surface area contributed by atoms with Gasteiger partial charge >= 0.3 is 12.1 Å². The number of hydrogen-bond acceptors (Lipinski definition) is 6. The Bertz CT molecular complexity index is 472. The first-order valence-corrected chi connectivity index (χ1v) is 8.52. The van der Waals surface area contributed by atoms with Crippen molar-refractivity contribution in [1.82, 2.24) is 10.2 Å². The number of aliphatic imine (C=N–C) groups is 1. The normalized spacial score (nSPS) is 9.56. The van der Waals surface area contributed by atoms with E-state index in [1.54, 1.807) is 6.26 Å². The molecule has 0 bridgehead atoms. The Balaban J connectivity index is 3.80. The Labute approximate surface area is 148 Å². The monoisotopic (exact) mass is 353 g/mol. The van der Waals surface area contributed by atoms with E-state index in [1.165, 1.54) is 6.08 Å². The fourth-order valence-corrected chi connectivity index (χ4v) is 2.16. The van der Waals surface area contributed by atoms with E-state index >= 15 is 0 Å². The zero-order chi connectivity index (χ0) is 18.8. The molecule has 0 heterocycles. The molecule has 0 rings (SSSR count). The van der Waals surface area contributed by atoms with Gasteiger partial charge in [-0.05, 0) is 32.1 Å². The largest absolute Gasteiger partial charge is 0.428 e. The molecule has 140 valence electrons. The average Bonchev–Trinajstić information content (AvgIpc) is 2.59. The molecule has 0 aliphatic carbocycles. The summed E-state index contributed by atoms with van der Waals surface area (Å²) in [6, 6.07) is -1.25. The Morgan fingerprint density at radius 1 is 1.08 bits per heavy atom. The van der Waals surface area contributed by atoms with Gasteiger partial charge in [0.1, 0.15) is 6.61 Å². The number of nitrogens with zero attached hydrogens (tertiary/aromatic N) is 3. The Hall–Kier alpha value is -2.59. The Morgan fingerprint density at radius 2 is 1.76 bits per heavy atom. The molecule has 9 heteroatoms. The van der Waals surface area contributed by atoms with Gasteiger partial charge < -0.3 is 15.8 Å². The molecule has 0 radical (unpaired) electrons. The highest BCUT2D eigenvalue weighted by atomic mass is 16.5. The smallest absolute Gasteiger partial charge is 0.325 e. The summed E-state index contributed by atoms with van der Waals surface area (Å²) in [5, 5.41) is 10.9. The van der Waals surface area contributed by atoms with E-state index in [4.69, 9.17) is 11.0 Å². The van der Waals surface area contributed by atoms with Crippen molar-refractivity contribution in [3.63, 3.8) is 0 Å². The molecule has 0 fully saturated rings. The summed E-state index contributed by atoms with van der Waals surface area (Å²) in [6.45, 7) is 1.60. The number of carbonyl (C=O) groups excluding carboxylic acids is 3. The van der Waals surface area contributed by atoms with E-state index in [0.717, 1.165) is 49.8 Å². The molecule has 0 aromatic rings. The van der Waals surface area contributed by atoms with Crippen molar-refractivity contribution >= 4 is 18.1 Å². The van der Waals surface area contributed by atoms with E-state index in [-0.39, 0.29) is 6.54 Å². The predicted molar refractivity (Wildman–Crippen MR) is 91.2 cm³/mol. The lowest BCUT2D eigenvalue weighted by molar-refractivity contribution is 0.190. The maximum atomic E-state index is 12.0. The number of carbonyl (C=O) groups is 2. The van der Waals surface area contributed by atoms with Crippen molar-refractivity contribution in [3.05, 3.63) is 0 Å². The quantitative estimate of drug-likeness (QED) is 0.213. The summed E-state index contributed by atoms with van der Waals surface area (Å²) in [4.78, 5) is 37.7. The van der Waals surface area contributed by atoms with Crippen LogP contribution in [0, 0.1) is 11.5 Å². The number of amides is 4. The standard InChI is InChI=1S/C16H27N5O4/c17-13-25-12-8-4-2-6-10-20-16(24)21(15(18)23)11-7-3-1-5-9-19-14-22/h1-12H2,(H2,18,23)(H,20,24). The number of isocyanates is 1. The lowest BCUT2D eigenvalue weighted by Gasteiger charge is -2.19. The average molecular weight is 353 g/mol. The van der Waals surface area contributed by atoms with Crippen molar-refractivity contribution in [1.29, 1.82) is 5.26 Å². The molecule has 4 amide bonds. The number of nitrogens with one attached hydrogen (secondary N) is 1. The number of ether oxygens (including phenoxy) is 1. The predicted octanol–water partition coefficient (Wildman–Crippen LogP) is 2.03. The number of urea groups is 2. The molecule has 0 saturated heterocycles. The molecule has 25 heavy (non-hydrogen) atoms. The third kappa shape index (κ3) is 13.5. The van der Waals surface area contributed by atoms with Crippen LogP contribution in [0.5, 0.6) is 0 Å². The molecule has 3 N–H and O–H groups in total. The van der Waals surface area contributed by atoms with Gasteiger partial charge in [-0.15, -0.1) is 0 Å². The number of primary amides is 1. The van der Waals surface area contributed by atoms with E-state index in [2.05, 4.69) is 15.0 Å². The maximum Gasteiger partial charge on any atom is 0.325 e. The van der Waals surface area contributed by atoms with Crippen molar-refractivity contribution < 1.29 is 19.1 Å². The highest BCUT2D eigenvalue weighted by Gasteiger charge is 2.17. The maximum absolute atomic E-state index is 12.0. The Kier molecular flexibility index (Phi) is 14.6. The first-order valence-electron chi connectivity index (χ1n) is 8.52. The first-order chi connectivity index (χ1) is 12.1. The molecule has 9 nitrogen and oxygen atoms in total. The highest BCUT2D eigenvalue weighted by molar-refractivity contribution is 5.92. The van der Waals surface area contributed by atoms with Gasteiger partial charge in [0.25, 0.3) is 6.26 Å². The Morgan fingerprint density at radius 3 is 2.44 bits per heavy atom. The number of unbranched alkanes of at least 4 members (excludes halogenated alkanes) is 6. The van der Waals surface area contributed by atoms with Crippen LogP contribution in [-0.4, -0.2) is 49.3 Å². The minimum Gasteiger partial charge on any atom is -0.428 e. The number of nitrogens with two attached hydrogens (primary N) is 1. The van der Waals surface area contributed by atoms with Crippen LogP contribution >= 0.6 is 0 Å². The topological polar surface area (TPSA) is 138 Å². The van der Waals surface area contributed by atoms with Gasteiger partial charge in [0.2, 0.25) is 6.08 Å². The van der Waals surface area contributed by atoms with Gasteiger partial charge in [-0.25, -0.2) is 24.3 Å². The van der Waals surface area contributed by atoms with Crippen LogP contribution in [0.3, 0.4) is 0 Å². The lowest BCUT2D eigenvalue weighted by Crippen LogP contribution is -2.47. The SMILES string of the molecule is N#COCCCCCCNC(=O)N(CCCCCCN=C=O)C(N)=O. The lowest BCUT2D eigenvalue weighted by atomic mass is 10.2. The van der Waals surface area contributed by atoms with Gasteiger partial charge in [-0.3, -0.25) is 0 Å². The number of imide groups is 1. The van der Waals surface area contributed by atoms with Gasteiger partial charge in [0, 0.05) is 13.1 Å². The number of nitriles is 1. The van der Waals surface area contributed by atoms with E-state index < -0.39 is 12.1 Å². The highest BCUT2D eigenvalue weighted by Crippen LogP contribution is 2.03. The second-order valence-electron chi connectivity index (χ2n) is 5.46. The summed E-state index contributed by atoms with van der Waals surface area (Å²) >= 11 is 0. The van der Waals surface area contributed by atoms with Crippen molar-refractivity contribution in [2.45, 2.75) is 51.4 Å². The molecule has 0 aromatic carbocycles. The molecule has 0 aliphatic heterocycles. The van der Waals surface area contributed by atoms with Crippen LogP contribution in [-0.2, 0) is 9.53 Å². The molecule has 0 atom stereocenters. The minimum absolute atomic E-state index is 0.267. The fraction of sp³-hybridized carbons (Fsp3) is 0.750. The molecule has 0 spiro atoms. The second kappa shape index (κ2) is 16.3. The van der Waals surface area contributed by atoms with E-state index in [1.807, 2.05) is 0 Å². The van der Waals surface area contributed by atoms with Crippen molar-refractivity contribution in [2.75, 3.05) is 26.2 Å². The zero-order valence-electron chi connectivity index (χ0n) is 14.5. The van der Waals surface area contributed by atoms with Crippen molar-refractivity contribution in [2.24, 2.45) is 10.7 Å². The van der Waals surface area contributed by atoms with Crippen LogP contribution in [0.4, 0.5) is 9.59 Å². The molecule has 0 unspecified atom stereocenters.